The van der Waals surface area contributed by atoms with E-state index in [4.69, 9.17) is 9.47 Å². The van der Waals surface area contributed by atoms with Crippen molar-refractivity contribution in [3.8, 4) is 17.2 Å². The van der Waals surface area contributed by atoms with E-state index in [-0.39, 0.29) is 0 Å². The number of ether oxygens (including phenoxy) is 2. The van der Waals surface area contributed by atoms with Crippen molar-refractivity contribution < 1.29 is 14.3 Å². The molecule has 0 bridgehead atoms. The van der Waals surface area contributed by atoms with E-state index in [0.717, 1.165) is 40.2 Å². The van der Waals surface area contributed by atoms with Crippen molar-refractivity contribution in [1.82, 2.24) is 0 Å². The fourth-order valence-electron chi connectivity index (χ4n) is 2.22. The minimum Gasteiger partial charge on any atom is -0.497 e. The zero-order chi connectivity index (χ0) is 14.5. The molecule has 0 fully saturated rings. The summed E-state index contributed by atoms with van der Waals surface area (Å²) >= 11 is 0. The minimum atomic E-state index is 0.442. The van der Waals surface area contributed by atoms with Crippen LogP contribution in [0.25, 0.3) is 0 Å². The Kier molecular flexibility index (Phi) is 4.41. The van der Waals surface area contributed by atoms with Crippen LogP contribution in [0.5, 0.6) is 17.2 Å². The maximum absolute atomic E-state index is 10.7. The zero-order valence-electron chi connectivity index (χ0n) is 12.0. The van der Waals surface area contributed by atoms with E-state index < -0.39 is 0 Å². The van der Waals surface area contributed by atoms with Crippen molar-refractivity contribution in [1.29, 1.82) is 0 Å². The molecule has 0 spiro atoms. The number of aldehydes is 1. The van der Waals surface area contributed by atoms with Crippen LogP contribution in [0.3, 0.4) is 0 Å². The summed E-state index contributed by atoms with van der Waals surface area (Å²) < 4.78 is 11.0. The Labute approximate surface area is 119 Å². The lowest BCUT2D eigenvalue weighted by Gasteiger charge is -2.12. The third-order valence-electron chi connectivity index (χ3n) is 3.23. The van der Waals surface area contributed by atoms with Gasteiger partial charge in [-0.3, -0.25) is 0 Å². The lowest BCUT2D eigenvalue weighted by atomic mass is 10.0. The number of carbonyl (C=O) groups is 1. The third kappa shape index (κ3) is 3.18. The van der Waals surface area contributed by atoms with Crippen LogP contribution in [0.1, 0.15) is 16.7 Å². The SMILES string of the molecule is COc1cccc(Oc2cc(C)c(CC=O)c(C)c2)c1. The molecular formula is C17H18O3. The quantitative estimate of drug-likeness (QED) is 0.774. The molecule has 0 aromatic heterocycles. The summed E-state index contributed by atoms with van der Waals surface area (Å²) in [5.74, 6) is 2.25. The van der Waals surface area contributed by atoms with Gasteiger partial charge in [0.1, 0.15) is 23.5 Å². The van der Waals surface area contributed by atoms with Gasteiger partial charge in [0.05, 0.1) is 7.11 Å². The van der Waals surface area contributed by atoms with Crippen molar-refractivity contribution in [3.05, 3.63) is 53.1 Å². The van der Waals surface area contributed by atoms with Crippen molar-refractivity contribution in [2.75, 3.05) is 7.11 Å². The maximum atomic E-state index is 10.7. The first-order valence-corrected chi connectivity index (χ1v) is 6.49. The van der Waals surface area contributed by atoms with Crippen molar-refractivity contribution in [3.63, 3.8) is 0 Å². The number of hydrogen-bond acceptors (Lipinski definition) is 3. The number of carbonyl (C=O) groups excluding carboxylic acids is 1. The first-order chi connectivity index (χ1) is 9.63. The second-order valence-corrected chi connectivity index (χ2v) is 4.69. The Hall–Kier alpha value is -2.29. The smallest absolute Gasteiger partial charge is 0.131 e. The van der Waals surface area contributed by atoms with Crippen LogP contribution < -0.4 is 9.47 Å². The highest BCUT2D eigenvalue weighted by Gasteiger charge is 2.07. The minimum absolute atomic E-state index is 0.442. The van der Waals surface area contributed by atoms with E-state index in [2.05, 4.69) is 0 Å². The molecule has 0 atom stereocenters. The molecule has 2 aromatic carbocycles. The molecule has 2 aromatic rings. The molecule has 0 saturated heterocycles. The van der Waals surface area contributed by atoms with Gasteiger partial charge in [0.2, 0.25) is 0 Å². The predicted molar refractivity (Wildman–Crippen MR) is 78.8 cm³/mol. The van der Waals surface area contributed by atoms with Crippen LogP contribution >= 0.6 is 0 Å². The van der Waals surface area contributed by atoms with E-state index in [0.29, 0.717) is 6.42 Å². The van der Waals surface area contributed by atoms with Crippen molar-refractivity contribution in [2.45, 2.75) is 20.3 Å². The molecule has 104 valence electrons. The molecule has 0 radical (unpaired) electrons. The molecule has 0 amide bonds. The van der Waals surface area contributed by atoms with Crippen LogP contribution in [0.4, 0.5) is 0 Å². The summed E-state index contributed by atoms with van der Waals surface area (Å²) in [4.78, 5) is 10.7. The van der Waals surface area contributed by atoms with Crippen molar-refractivity contribution >= 4 is 6.29 Å². The van der Waals surface area contributed by atoms with E-state index in [9.17, 15) is 4.79 Å². The van der Waals surface area contributed by atoms with Gasteiger partial charge in [0.15, 0.2) is 0 Å². The Balaban J connectivity index is 2.27. The van der Waals surface area contributed by atoms with Crippen LogP contribution in [0.15, 0.2) is 36.4 Å². The van der Waals surface area contributed by atoms with Gasteiger partial charge in [0.25, 0.3) is 0 Å². The fraction of sp³-hybridized carbons (Fsp3) is 0.235. The lowest BCUT2D eigenvalue weighted by Crippen LogP contribution is -1.96. The first-order valence-electron chi connectivity index (χ1n) is 6.49. The number of benzene rings is 2. The molecular weight excluding hydrogens is 252 g/mol. The molecule has 3 nitrogen and oxygen atoms in total. The normalized spacial score (nSPS) is 10.2. The topological polar surface area (TPSA) is 35.5 Å². The molecule has 0 unspecified atom stereocenters. The summed E-state index contributed by atoms with van der Waals surface area (Å²) in [5, 5.41) is 0. The summed E-state index contributed by atoms with van der Waals surface area (Å²) in [5.41, 5.74) is 3.20. The number of hydrogen-bond donors (Lipinski definition) is 0. The lowest BCUT2D eigenvalue weighted by molar-refractivity contribution is -0.107. The van der Waals surface area contributed by atoms with Gasteiger partial charge in [-0.15, -0.1) is 0 Å². The molecule has 0 N–H and O–H groups in total. The second kappa shape index (κ2) is 6.24. The van der Waals surface area contributed by atoms with Crippen LogP contribution in [-0.2, 0) is 11.2 Å². The van der Waals surface area contributed by atoms with E-state index in [1.807, 2.05) is 50.2 Å². The van der Waals surface area contributed by atoms with E-state index in [1.165, 1.54) is 0 Å². The number of methoxy groups -OCH3 is 1. The zero-order valence-corrected chi connectivity index (χ0v) is 12.0. The molecule has 0 aliphatic rings. The molecule has 0 saturated carbocycles. The molecule has 20 heavy (non-hydrogen) atoms. The van der Waals surface area contributed by atoms with Crippen LogP contribution in [0.2, 0.25) is 0 Å². The largest absolute Gasteiger partial charge is 0.497 e. The molecule has 3 heteroatoms. The highest BCUT2D eigenvalue weighted by Crippen LogP contribution is 2.28. The standard InChI is InChI=1S/C17H18O3/c1-12-9-16(10-13(2)17(12)7-8-18)20-15-6-4-5-14(11-15)19-3/h4-6,8-11H,7H2,1-3H3. The summed E-state index contributed by atoms with van der Waals surface area (Å²) in [6.07, 6.45) is 1.37. The summed E-state index contributed by atoms with van der Waals surface area (Å²) in [6, 6.07) is 11.4. The first kappa shape index (κ1) is 14.1. The predicted octanol–water partition coefficient (Wildman–Crippen LogP) is 3.85. The Morgan fingerprint density at radius 2 is 1.65 bits per heavy atom. The molecule has 2 rings (SSSR count). The van der Waals surface area contributed by atoms with Gasteiger partial charge in [-0.25, -0.2) is 0 Å². The van der Waals surface area contributed by atoms with E-state index in [1.54, 1.807) is 7.11 Å². The fourth-order valence-corrected chi connectivity index (χ4v) is 2.22. The molecule has 0 heterocycles. The van der Waals surface area contributed by atoms with Gasteiger partial charge in [-0.05, 0) is 54.8 Å². The molecule has 0 aliphatic carbocycles. The Morgan fingerprint density at radius 3 is 2.25 bits per heavy atom. The van der Waals surface area contributed by atoms with Gasteiger partial charge < -0.3 is 14.3 Å². The monoisotopic (exact) mass is 270 g/mol. The summed E-state index contributed by atoms with van der Waals surface area (Å²) in [7, 11) is 1.63. The van der Waals surface area contributed by atoms with Gasteiger partial charge in [-0.1, -0.05) is 6.07 Å². The maximum Gasteiger partial charge on any atom is 0.131 e. The Bertz CT molecular complexity index is 594. The third-order valence-corrected chi connectivity index (χ3v) is 3.23. The van der Waals surface area contributed by atoms with Crippen LogP contribution in [-0.4, -0.2) is 13.4 Å². The molecule has 0 aliphatic heterocycles. The van der Waals surface area contributed by atoms with Gasteiger partial charge >= 0.3 is 0 Å². The van der Waals surface area contributed by atoms with Gasteiger partial charge in [0, 0.05) is 12.5 Å². The van der Waals surface area contributed by atoms with Crippen LogP contribution in [0, 0.1) is 13.8 Å². The highest BCUT2D eigenvalue weighted by atomic mass is 16.5. The average Bonchev–Trinajstić information content (AvgIpc) is 2.43. The average molecular weight is 270 g/mol. The van der Waals surface area contributed by atoms with Crippen molar-refractivity contribution in [2.24, 2.45) is 0 Å². The second-order valence-electron chi connectivity index (χ2n) is 4.69. The number of aryl methyl sites for hydroxylation is 2. The highest BCUT2D eigenvalue weighted by molar-refractivity contribution is 5.58. The van der Waals surface area contributed by atoms with E-state index >= 15 is 0 Å². The Morgan fingerprint density at radius 1 is 1.00 bits per heavy atom. The number of rotatable bonds is 5. The van der Waals surface area contributed by atoms with Gasteiger partial charge in [-0.2, -0.15) is 0 Å². The summed E-state index contributed by atoms with van der Waals surface area (Å²) in [6.45, 7) is 3.98.